The lowest BCUT2D eigenvalue weighted by Crippen LogP contribution is -2.53. The second kappa shape index (κ2) is 16.2. The predicted octanol–water partition coefficient (Wildman–Crippen LogP) is 5.97. The molecule has 1 aliphatic heterocycles. The van der Waals surface area contributed by atoms with Crippen LogP contribution in [-0.4, -0.2) is 50.1 Å². The first-order valence-electron chi connectivity index (χ1n) is 16.4. The minimum Gasteiger partial charge on any atom is -0.497 e. The SMILES string of the molecule is COc1cccc(C(=O)NC(CCC2CCCCC2)C(=O)NC(CC(=O)OCc2ccccc2)CN2CCc3cc(F)ccc32)c1. The maximum atomic E-state index is 14.0. The molecule has 1 heterocycles. The Hall–Kier alpha value is -4.40. The van der Waals surface area contributed by atoms with E-state index in [-0.39, 0.29) is 30.7 Å². The highest BCUT2D eigenvalue weighted by atomic mass is 19.1. The van der Waals surface area contributed by atoms with Crippen molar-refractivity contribution in [2.24, 2.45) is 5.92 Å². The summed E-state index contributed by atoms with van der Waals surface area (Å²) in [5, 5.41) is 6.05. The van der Waals surface area contributed by atoms with Crippen LogP contribution in [0.3, 0.4) is 0 Å². The summed E-state index contributed by atoms with van der Waals surface area (Å²) in [6, 6.07) is 19.6. The average Bonchev–Trinajstić information content (AvgIpc) is 3.47. The number of anilines is 1. The number of rotatable bonds is 14. The lowest BCUT2D eigenvalue weighted by Gasteiger charge is -2.29. The van der Waals surface area contributed by atoms with Crippen LogP contribution in [0.1, 0.15) is 72.9 Å². The first-order chi connectivity index (χ1) is 22.4. The van der Waals surface area contributed by atoms with Crippen LogP contribution in [0.15, 0.2) is 72.8 Å². The van der Waals surface area contributed by atoms with Gasteiger partial charge in [-0.2, -0.15) is 0 Å². The summed E-state index contributed by atoms with van der Waals surface area (Å²) in [5.74, 6) is -0.364. The minimum absolute atomic E-state index is 0.0508. The highest BCUT2D eigenvalue weighted by Crippen LogP contribution is 2.30. The molecule has 2 atom stereocenters. The summed E-state index contributed by atoms with van der Waals surface area (Å²) in [4.78, 5) is 42.5. The number of esters is 1. The Bertz CT molecular complexity index is 1480. The monoisotopic (exact) mass is 629 g/mol. The molecule has 0 aromatic heterocycles. The predicted molar refractivity (Wildman–Crippen MR) is 175 cm³/mol. The summed E-state index contributed by atoms with van der Waals surface area (Å²) >= 11 is 0. The Kier molecular flexibility index (Phi) is 11.6. The van der Waals surface area contributed by atoms with Gasteiger partial charge in [0.25, 0.3) is 5.91 Å². The second-order valence-corrected chi connectivity index (χ2v) is 12.4. The lowest BCUT2D eigenvalue weighted by molar-refractivity contribution is -0.145. The van der Waals surface area contributed by atoms with E-state index < -0.39 is 18.1 Å². The molecule has 8 nitrogen and oxygen atoms in total. The molecule has 46 heavy (non-hydrogen) atoms. The van der Waals surface area contributed by atoms with E-state index in [0.29, 0.717) is 43.2 Å². The molecule has 1 aliphatic carbocycles. The van der Waals surface area contributed by atoms with Crippen molar-refractivity contribution in [3.05, 3.63) is 95.3 Å². The summed E-state index contributed by atoms with van der Waals surface area (Å²) < 4.78 is 24.8. The Morgan fingerprint density at radius 2 is 1.76 bits per heavy atom. The van der Waals surface area contributed by atoms with Crippen LogP contribution in [0.2, 0.25) is 0 Å². The van der Waals surface area contributed by atoms with Gasteiger partial charge in [-0.3, -0.25) is 14.4 Å². The highest BCUT2D eigenvalue weighted by Gasteiger charge is 2.29. The number of ether oxygens (including phenoxy) is 2. The van der Waals surface area contributed by atoms with Gasteiger partial charge in [0.15, 0.2) is 0 Å². The first kappa shape index (κ1) is 33.0. The standard InChI is InChI=1S/C37H44FN3O5/c1-45-32-14-8-13-29(22-32)36(43)40-33(17-15-26-9-4-2-5-10-26)37(44)39-31(23-35(42)46-25-27-11-6-3-7-12-27)24-41-20-19-28-21-30(38)16-18-34(28)41/h3,6-8,11-14,16,18,21-22,26,31,33H,2,4-5,9-10,15,17,19-20,23-25H2,1H3,(H,39,44)(H,40,43). The van der Waals surface area contributed by atoms with Crippen molar-refractivity contribution in [2.75, 3.05) is 25.1 Å². The van der Waals surface area contributed by atoms with Gasteiger partial charge < -0.3 is 25.0 Å². The van der Waals surface area contributed by atoms with Crippen molar-refractivity contribution in [1.82, 2.24) is 10.6 Å². The third-order valence-electron chi connectivity index (χ3n) is 9.02. The zero-order chi connectivity index (χ0) is 32.3. The Morgan fingerprint density at radius 1 is 0.957 bits per heavy atom. The summed E-state index contributed by atoms with van der Waals surface area (Å²) in [6.07, 6.45) is 7.80. The number of methoxy groups -OCH3 is 1. The van der Waals surface area contributed by atoms with Gasteiger partial charge in [0.2, 0.25) is 5.91 Å². The average molecular weight is 630 g/mol. The summed E-state index contributed by atoms with van der Waals surface area (Å²) in [5.41, 5.74) is 3.05. The molecule has 244 valence electrons. The number of fused-ring (bicyclic) bond motifs is 1. The topological polar surface area (TPSA) is 97.0 Å². The van der Waals surface area contributed by atoms with E-state index in [2.05, 4.69) is 15.5 Å². The van der Waals surface area contributed by atoms with Crippen molar-refractivity contribution in [1.29, 1.82) is 0 Å². The number of benzene rings is 3. The molecule has 1 saturated carbocycles. The Morgan fingerprint density at radius 3 is 2.54 bits per heavy atom. The fraction of sp³-hybridized carbons (Fsp3) is 0.432. The van der Waals surface area contributed by atoms with E-state index in [9.17, 15) is 18.8 Å². The molecular weight excluding hydrogens is 585 g/mol. The van der Waals surface area contributed by atoms with Crippen molar-refractivity contribution in [3.63, 3.8) is 0 Å². The zero-order valence-corrected chi connectivity index (χ0v) is 26.5. The highest BCUT2D eigenvalue weighted by molar-refractivity contribution is 5.98. The quantitative estimate of drug-likeness (QED) is 0.213. The molecule has 3 aromatic rings. The van der Waals surface area contributed by atoms with E-state index >= 15 is 0 Å². The van der Waals surface area contributed by atoms with Crippen LogP contribution in [0.5, 0.6) is 5.75 Å². The third-order valence-corrected chi connectivity index (χ3v) is 9.02. The van der Waals surface area contributed by atoms with Gasteiger partial charge in [0, 0.05) is 24.3 Å². The fourth-order valence-corrected chi connectivity index (χ4v) is 6.51. The smallest absolute Gasteiger partial charge is 0.308 e. The lowest BCUT2D eigenvalue weighted by atomic mass is 9.85. The van der Waals surface area contributed by atoms with Crippen molar-refractivity contribution in [3.8, 4) is 5.75 Å². The van der Waals surface area contributed by atoms with Crippen LogP contribution in [0, 0.1) is 11.7 Å². The molecule has 2 N–H and O–H groups in total. The van der Waals surface area contributed by atoms with Crippen LogP contribution in [-0.2, 0) is 27.4 Å². The van der Waals surface area contributed by atoms with Gasteiger partial charge in [-0.15, -0.1) is 0 Å². The molecule has 9 heteroatoms. The molecule has 0 bridgehead atoms. The van der Waals surface area contributed by atoms with E-state index in [4.69, 9.17) is 9.47 Å². The number of hydrogen-bond acceptors (Lipinski definition) is 6. The van der Waals surface area contributed by atoms with Crippen LogP contribution in [0.25, 0.3) is 0 Å². The summed E-state index contributed by atoms with van der Waals surface area (Å²) in [7, 11) is 1.54. The van der Waals surface area contributed by atoms with E-state index in [0.717, 1.165) is 36.1 Å². The largest absolute Gasteiger partial charge is 0.497 e. The number of carbonyl (C=O) groups is 3. The van der Waals surface area contributed by atoms with Crippen molar-refractivity contribution >= 4 is 23.5 Å². The van der Waals surface area contributed by atoms with Crippen LogP contribution in [0.4, 0.5) is 10.1 Å². The van der Waals surface area contributed by atoms with Gasteiger partial charge in [-0.1, -0.05) is 68.5 Å². The molecular formula is C37H44FN3O5. The number of halogens is 1. The maximum absolute atomic E-state index is 14.0. The Labute approximate surface area is 270 Å². The van der Waals surface area contributed by atoms with E-state index in [1.54, 1.807) is 30.3 Å². The van der Waals surface area contributed by atoms with Crippen molar-refractivity contribution in [2.45, 2.75) is 76.5 Å². The van der Waals surface area contributed by atoms with Crippen LogP contribution >= 0.6 is 0 Å². The fourth-order valence-electron chi connectivity index (χ4n) is 6.51. The maximum Gasteiger partial charge on any atom is 0.308 e. The number of nitrogens with zero attached hydrogens (tertiary/aromatic N) is 1. The molecule has 3 aromatic carbocycles. The normalized spacial score (nSPS) is 15.8. The number of nitrogens with one attached hydrogen (secondary N) is 2. The molecule has 0 spiro atoms. The van der Waals surface area contributed by atoms with Crippen LogP contribution < -0.4 is 20.3 Å². The summed E-state index contributed by atoms with van der Waals surface area (Å²) in [6.45, 7) is 1.11. The molecule has 5 rings (SSSR count). The molecule has 0 radical (unpaired) electrons. The third kappa shape index (κ3) is 9.31. The molecule has 0 saturated heterocycles. The molecule has 2 aliphatic rings. The van der Waals surface area contributed by atoms with E-state index in [1.807, 2.05) is 30.3 Å². The van der Waals surface area contributed by atoms with Crippen molar-refractivity contribution < 1.29 is 28.2 Å². The number of hydrogen-bond donors (Lipinski definition) is 2. The molecule has 2 unspecified atom stereocenters. The van der Waals surface area contributed by atoms with Gasteiger partial charge in [0.1, 0.15) is 24.2 Å². The Balaban J connectivity index is 1.31. The van der Waals surface area contributed by atoms with Gasteiger partial charge in [-0.25, -0.2) is 4.39 Å². The molecule has 2 amide bonds. The first-order valence-corrected chi connectivity index (χ1v) is 16.4. The number of amides is 2. The molecule has 1 fully saturated rings. The number of carbonyl (C=O) groups excluding carboxylic acids is 3. The minimum atomic E-state index is -0.788. The van der Waals surface area contributed by atoms with Gasteiger partial charge in [-0.05, 0) is 72.7 Å². The zero-order valence-electron chi connectivity index (χ0n) is 26.5. The van der Waals surface area contributed by atoms with Gasteiger partial charge >= 0.3 is 5.97 Å². The van der Waals surface area contributed by atoms with E-state index in [1.165, 1.54) is 38.5 Å². The van der Waals surface area contributed by atoms with Gasteiger partial charge in [0.05, 0.1) is 19.6 Å². The second-order valence-electron chi connectivity index (χ2n) is 12.4.